The molecule has 0 saturated carbocycles. The van der Waals surface area contributed by atoms with E-state index < -0.39 is 21.6 Å². The van der Waals surface area contributed by atoms with Gasteiger partial charge in [0.2, 0.25) is 0 Å². The predicted octanol–water partition coefficient (Wildman–Crippen LogP) is 3.81. The Kier molecular flexibility index (Phi) is 5.39. The maximum Gasteiger partial charge on any atom is 0.416 e. The number of halogens is 3. The second kappa shape index (κ2) is 7.84. The molecule has 0 aliphatic rings. The van der Waals surface area contributed by atoms with E-state index in [9.17, 15) is 26.4 Å². The van der Waals surface area contributed by atoms with Gasteiger partial charge >= 0.3 is 6.18 Å². The van der Waals surface area contributed by atoms with Crippen LogP contribution >= 0.6 is 0 Å². The van der Waals surface area contributed by atoms with Crippen LogP contribution in [0.4, 0.5) is 13.2 Å². The van der Waals surface area contributed by atoms with Gasteiger partial charge in [0, 0.05) is 31.9 Å². The summed E-state index contributed by atoms with van der Waals surface area (Å²) < 4.78 is 67.5. The van der Waals surface area contributed by atoms with E-state index in [2.05, 4.69) is 9.97 Å². The molecule has 3 heterocycles. The Hall–Kier alpha value is -3.47. The lowest BCUT2D eigenvalue weighted by Crippen LogP contribution is -2.17. The van der Waals surface area contributed by atoms with Gasteiger partial charge in [-0.3, -0.25) is 14.3 Å². The summed E-state index contributed by atoms with van der Waals surface area (Å²) in [5, 5.41) is 0. The fourth-order valence-electron chi connectivity index (χ4n) is 3.61. The standard InChI is InChI=1S/C22H19F3N4O3S/c1-4-33(31,32)17-11-14(13-5-7-15(8-6-13)22(23,24)25)12-26-19(17)20-27-16-9-10-18(30)28(2)21(16)29(20)3/h5-12H,4H2,1-3H3. The highest BCUT2D eigenvalue weighted by molar-refractivity contribution is 7.91. The summed E-state index contributed by atoms with van der Waals surface area (Å²) in [5.41, 5.74) is 0.770. The molecular formula is C22H19F3N4O3S. The maximum atomic E-state index is 12.9. The Morgan fingerprint density at radius 3 is 2.24 bits per heavy atom. The lowest BCUT2D eigenvalue weighted by Gasteiger charge is -2.12. The van der Waals surface area contributed by atoms with Gasteiger partial charge in [0.05, 0.1) is 16.2 Å². The number of nitrogens with zero attached hydrogens (tertiary/aromatic N) is 4. The maximum absolute atomic E-state index is 12.9. The molecule has 4 aromatic rings. The molecule has 4 rings (SSSR count). The molecule has 0 N–H and O–H groups in total. The molecule has 0 spiro atoms. The summed E-state index contributed by atoms with van der Waals surface area (Å²) in [6, 6.07) is 8.71. The van der Waals surface area contributed by atoms with Crippen LogP contribution in [0.1, 0.15) is 12.5 Å². The first kappa shape index (κ1) is 22.7. The van der Waals surface area contributed by atoms with Gasteiger partial charge in [-0.05, 0) is 29.8 Å². The lowest BCUT2D eigenvalue weighted by atomic mass is 10.0. The van der Waals surface area contributed by atoms with Crippen molar-refractivity contribution in [3.8, 4) is 22.6 Å². The number of sulfone groups is 1. The Bertz CT molecular complexity index is 1540. The van der Waals surface area contributed by atoms with Crippen molar-refractivity contribution in [2.75, 3.05) is 5.75 Å². The number of benzene rings is 1. The molecule has 172 valence electrons. The van der Waals surface area contributed by atoms with E-state index in [0.717, 1.165) is 12.1 Å². The van der Waals surface area contributed by atoms with Crippen molar-refractivity contribution in [1.82, 2.24) is 19.1 Å². The summed E-state index contributed by atoms with van der Waals surface area (Å²) in [6.45, 7) is 1.49. The molecule has 3 aromatic heterocycles. The van der Waals surface area contributed by atoms with Crippen molar-refractivity contribution in [1.29, 1.82) is 0 Å². The fraction of sp³-hybridized carbons (Fsp3) is 0.227. The molecule has 33 heavy (non-hydrogen) atoms. The lowest BCUT2D eigenvalue weighted by molar-refractivity contribution is -0.137. The fourth-order valence-corrected chi connectivity index (χ4v) is 4.67. The van der Waals surface area contributed by atoms with Crippen LogP contribution in [0.3, 0.4) is 0 Å². The van der Waals surface area contributed by atoms with E-state index in [-0.39, 0.29) is 27.7 Å². The van der Waals surface area contributed by atoms with Gasteiger partial charge in [-0.15, -0.1) is 0 Å². The molecule has 1 aromatic carbocycles. The number of rotatable bonds is 4. The second-order valence-electron chi connectivity index (χ2n) is 7.48. The molecule has 0 bridgehead atoms. The SMILES string of the molecule is CCS(=O)(=O)c1cc(-c2ccc(C(F)(F)F)cc2)cnc1-c1nc2ccc(=O)n(C)c2n1C. The average molecular weight is 476 g/mol. The third-order valence-corrected chi connectivity index (χ3v) is 7.19. The number of aromatic nitrogens is 4. The van der Waals surface area contributed by atoms with Crippen molar-refractivity contribution >= 4 is 21.0 Å². The van der Waals surface area contributed by atoms with Crippen LogP contribution in [-0.2, 0) is 30.1 Å². The van der Waals surface area contributed by atoms with Crippen molar-refractivity contribution in [3.63, 3.8) is 0 Å². The zero-order valence-corrected chi connectivity index (χ0v) is 18.7. The van der Waals surface area contributed by atoms with E-state index >= 15 is 0 Å². The number of fused-ring (bicyclic) bond motifs is 1. The van der Waals surface area contributed by atoms with Crippen LogP contribution in [0.15, 0.2) is 58.4 Å². The zero-order chi connectivity index (χ0) is 24.1. The highest BCUT2D eigenvalue weighted by Gasteiger charge is 2.30. The molecule has 0 fully saturated rings. The van der Waals surface area contributed by atoms with Crippen LogP contribution < -0.4 is 5.56 Å². The van der Waals surface area contributed by atoms with Gasteiger partial charge in [-0.2, -0.15) is 13.2 Å². The molecule has 0 unspecified atom stereocenters. The molecule has 0 amide bonds. The van der Waals surface area contributed by atoms with E-state index in [1.165, 1.54) is 42.0 Å². The first-order valence-electron chi connectivity index (χ1n) is 9.87. The quantitative estimate of drug-likeness (QED) is 0.447. The van der Waals surface area contributed by atoms with Crippen molar-refractivity contribution in [3.05, 3.63) is 64.6 Å². The summed E-state index contributed by atoms with van der Waals surface area (Å²) >= 11 is 0. The largest absolute Gasteiger partial charge is 0.416 e. The normalized spacial score (nSPS) is 12.4. The van der Waals surface area contributed by atoms with Gasteiger partial charge in [0.25, 0.3) is 5.56 Å². The molecular weight excluding hydrogens is 457 g/mol. The number of hydrogen-bond acceptors (Lipinski definition) is 5. The zero-order valence-electron chi connectivity index (χ0n) is 17.9. The van der Waals surface area contributed by atoms with E-state index in [1.807, 2.05) is 0 Å². The minimum atomic E-state index is -4.47. The predicted molar refractivity (Wildman–Crippen MR) is 117 cm³/mol. The van der Waals surface area contributed by atoms with Gasteiger partial charge in [0.1, 0.15) is 16.9 Å². The highest BCUT2D eigenvalue weighted by Crippen LogP contribution is 2.34. The topological polar surface area (TPSA) is 86.9 Å². The Morgan fingerprint density at radius 1 is 0.970 bits per heavy atom. The number of aryl methyl sites for hydroxylation is 2. The number of alkyl halides is 3. The van der Waals surface area contributed by atoms with Crippen LogP contribution in [0, 0.1) is 0 Å². The molecule has 0 aliphatic carbocycles. The van der Waals surface area contributed by atoms with Crippen LogP contribution in [0.5, 0.6) is 0 Å². The van der Waals surface area contributed by atoms with Crippen LogP contribution in [0.25, 0.3) is 33.8 Å². The minimum Gasteiger partial charge on any atom is -0.312 e. The summed E-state index contributed by atoms with van der Waals surface area (Å²) in [7, 11) is -0.541. The monoisotopic (exact) mass is 476 g/mol. The van der Waals surface area contributed by atoms with E-state index in [0.29, 0.717) is 22.3 Å². The van der Waals surface area contributed by atoms with Gasteiger partial charge in [-0.1, -0.05) is 19.1 Å². The first-order chi connectivity index (χ1) is 15.4. The molecule has 0 atom stereocenters. The van der Waals surface area contributed by atoms with Gasteiger partial charge in [0.15, 0.2) is 15.7 Å². The van der Waals surface area contributed by atoms with Crippen molar-refractivity contribution in [2.45, 2.75) is 18.0 Å². The first-order valence-corrected chi connectivity index (χ1v) is 11.5. The molecule has 0 radical (unpaired) electrons. The average Bonchev–Trinajstić information content (AvgIpc) is 3.12. The molecule has 0 aliphatic heterocycles. The van der Waals surface area contributed by atoms with Crippen molar-refractivity contribution in [2.24, 2.45) is 14.1 Å². The third kappa shape index (κ3) is 3.92. The van der Waals surface area contributed by atoms with Crippen LogP contribution in [0.2, 0.25) is 0 Å². The number of imidazole rings is 1. The van der Waals surface area contributed by atoms with E-state index in [4.69, 9.17) is 0 Å². The molecule has 0 saturated heterocycles. The Morgan fingerprint density at radius 2 is 1.64 bits per heavy atom. The molecule has 7 nitrogen and oxygen atoms in total. The Labute approximate surface area is 187 Å². The van der Waals surface area contributed by atoms with E-state index in [1.54, 1.807) is 24.7 Å². The number of hydrogen-bond donors (Lipinski definition) is 0. The second-order valence-corrected chi connectivity index (χ2v) is 9.73. The minimum absolute atomic E-state index is 0.0918. The third-order valence-electron chi connectivity index (χ3n) is 5.45. The van der Waals surface area contributed by atoms with Gasteiger partial charge < -0.3 is 4.57 Å². The Balaban J connectivity index is 1.93. The smallest absolute Gasteiger partial charge is 0.312 e. The van der Waals surface area contributed by atoms with Crippen molar-refractivity contribution < 1.29 is 21.6 Å². The number of pyridine rings is 2. The van der Waals surface area contributed by atoms with Gasteiger partial charge in [-0.25, -0.2) is 13.4 Å². The summed E-state index contributed by atoms with van der Waals surface area (Å²) in [5.74, 6) is 0.0396. The van der Waals surface area contributed by atoms with Crippen LogP contribution in [-0.4, -0.2) is 33.3 Å². The highest BCUT2D eigenvalue weighted by atomic mass is 32.2. The summed E-state index contributed by atoms with van der Waals surface area (Å²) in [4.78, 5) is 20.8. The summed E-state index contributed by atoms with van der Waals surface area (Å²) in [6.07, 6.45) is -3.08. The molecule has 11 heteroatoms.